The van der Waals surface area contributed by atoms with Gasteiger partial charge in [-0.3, -0.25) is 14.9 Å². The van der Waals surface area contributed by atoms with Crippen LogP contribution in [0.4, 0.5) is 10.5 Å². The molecule has 0 radical (unpaired) electrons. The topological polar surface area (TPSA) is 135 Å². The number of benzene rings is 1. The summed E-state index contributed by atoms with van der Waals surface area (Å²) in [6.45, 7) is 4.04. The van der Waals surface area contributed by atoms with Crippen molar-refractivity contribution < 1.29 is 14.3 Å². The van der Waals surface area contributed by atoms with E-state index in [9.17, 15) is 9.59 Å². The largest absolute Gasteiger partial charge is 0.446 e. The molecule has 0 bridgehead atoms. The van der Waals surface area contributed by atoms with Crippen LogP contribution in [0.1, 0.15) is 37.0 Å². The maximum atomic E-state index is 13.0. The fourth-order valence-electron chi connectivity index (χ4n) is 3.60. The molecule has 9 heteroatoms. The number of hydrogen-bond acceptors (Lipinski definition) is 6. The molecule has 1 aromatic carbocycles. The number of nitrogens with one attached hydrogen (secondary N) is 3. The molecule has 30 heavy (non-hydrogen) atoms. The van der Waals surface area contributed by atoms with Gasteiger partial charge in [-0.25, -0.2) is 4.79 Å². The predicted molar refractivity (Wildman–Crippen MR) is 113 cm³/mol. The highest BCUT2D eigenvalue weighted by molar-refractivity contribution is 6.08. The third-order valence-electron chi connectivity index (χ3n) is 5.09. The monoisotopic (exact) mass is 408 g/mol. The lowest BCUT2D eigenvalue weighted by Crippen LogP contribution is -2.49. The van der Waals surface area contributed by atoms with Gasteiger partial charge in [0.25, 0.3) is 5.91 Å². The van der Waals surface area contributed by atoms with Crippen molar-refractivity contribution in [3.05, 3.63) is 42.4 Å². The van der Waals surface area contributed by atoms with Crippen LogP contribution in [0.2, 0.25) is 0 Å². The molecule has 1 saturated carbocycles. The first-order chi connectivity index (χ1) is 14.4. The minimum atomic E-state index is -0.791. The maximum Gasteiger partial charge on any atom is 0.404 e. The number of anilines is 1. The van der Waals surface area contributed by atoms with Crippen molar-refractivity contribution in [3.63, 3.8) is 0 Å². The summed E-state index contributed by atoms with van der Waals surface area (Å²) in [4.78, 5) is 28.3. The van der Waals surface area contributed by atoms with Gasteiger partial charge in [0.05, 0.1) is 23.0 Å². The number of carbonyl (C=O) groups is 2. The molecule has 0 unspecified atom stereocenters. The number of ether oxygens (including phenoxy) is 1. The van der Waals surface area contributed by atoms with Crippen molar-refractivity contribution in [3.8, 4) is 11.1 Å². The van der Waals surface area contributed by atoms with Gasteiger partial charge >= 0.3 is 6.09 Å². The molecule has 156 valence electrons. The number of amides is 2. The molecule has 0 atom stereocenters. The van der Waals surface area contributed by atoms with Gasteiger partial charge in [0, 0.05) is 48.3 Å². The molecule has 2 aromatic heterocycles. The van der Waals surface area contributed by atoms with Gasteiger partial charge in [-0.1, -0.05) is 6.07 Å². The molecule has 1 aliphatic rings. The minimum Gasteiger partial charge on any atom is -0.446 e. The van der Waals surface area contributed by atoms with Crippen LogP contribution in [0, 0.1) is 0 Å². The molecule has 1 fully saturated rings. The average Bonchev–Trinajstić information content (AvgIpc) is 3.20. The molecule has 0 spiro atoms. The van der Waals surface area contributed by atoms with Crippen LogP contribution in [0.25, 0.3) is 22.0 Å². The Morgan fingerprint density at radius 3 is 2.70 bits per heavy atom. The number of aromatic amines is 1. The molecule has 9 nitrogen and oxygen atoms in total. The van der Waals surface area contributed by atoms with Gasteiger partial charge in [-0.05, 0) is 31.5 Å². The number of nitrogens with two attached hydrogens (primary N) is 1. The highest BCUT2D eigenvalue weighted by Crippen LogP contribution is 2.31. The molecule has 2 heterocycles. The number of rotatable bonds is 6. The van der Waals surface area contributed by atoms with Gasteiger partial charge in [0.15, 0.2) is 0 Å². The van der Waals surface area contributed by atoms with Crippen molar-refractivity contribution in [1.82, 2.24) is 20.5 Å². The summed E-state index contributed by atoms with van der Waals surface area (Å²) in [5.74, 6) is -0.219. The summed E-state index contributed by atoms with van der Waals surface area (Å²) in [6.07, 6.45) is 5.23. The van der Waals surface area contributed by atoms with E-state index in [0.717, 1.165) is 27.7 Å². The highest BCUT2D eigenvalue weighted by Gasteiger charge is 2.33. The van der Waals surface area contributed by atoms with Crippen LogP contribution >= 0.6 is 0 Å². The normalized spacial score (nSPS) is 18.1. The van der Waals surface area contributed by atoms with E-state index in [0.29, 0.717) is 18.4 Å². The summed E-state index contributed by atoms with van der Waals surface area (Å²) in [7, 11) is 0. The molecular formula is C21H24N6O3. The van der Waals surface area contributed by atoms with E-state index in [1.165, 1.54) is 0 Å². The van der Waals surface area contributed by atoms with Crippen molar-refractivity contribution in [2.45, 2.75) is 44.9 Å². The Balaban J connectivity index is 1.63. The number of aromatic nitrogens is 3. The van der Waals surface area contributed by atoms with E-state index in [1.807, 2.05) is 38.2 Å². The van der Waals surface area contributed by atoms with E-state index in [-0.39, 0.29) is 24.1 Å². The van der Waals surface area contributed by atoms with E-state index >= 15 is 0 Å². The average molecular weight is 408 g/mol. The summed E-state index contributed by atoms with van der Waals surface area (Å²) >= 11 is 0. The zero-order valence-electron chi connectivity index (χ0n) is 16.8. The van der Waals surface area contributed by atoms with Gasteiger partial charge < -0.3 is 21.1 Å². The van der Waals surface area contributed by atoms with Crippen LogP contribution in [-0.2, 0) is 4.74 Å². The zero-order valence-corrected chi connectivity index (χ0v) is 16.8. The van der Waals surface area contributed by atoms with Crippen molar-refractivity contribution in [1.29, 1.82) is 0 Å². The van der Waals surface area contributed by atoms with E-state index < -0.39 is 6.09 Å². The Kier molecular flexibility index (Phi) is 5.26. The van der Waals surface area contributed by atoms with Gasteiger partial charge in [-0.15, -0.1) is 0 Å². The van der Waals surface area contributed by atoms with Crippen LogP contribution < -0.4 is 16.4 Å². The molecule has 5 N–H and O–H groups in total. The molecule has 2 amide bonds. The molecule has 3 aromatic rings. The van der Waals surface area contributed by atoms with Gasteiger partial charge in [0.2, 0.25) is 0 Å². The quantitative estimate of drug-likeness (QED) is 0.495. The van der Waals surface area contributed by atoms with E-state index in [1.54, 1.807) is 12.4 Å². The Morgan fingerprint density at radius 1 is 1.23 bits per heavy atom. The first-order valence-corrected chi connectivity index (χ1v) is 9.86. The number of nitrogens with zero attached hydrogens (tertiary/aromatic N) is 2. The number of fused-ring (bicyclic) bond motifs is 1. The molecule has 4 rings (SSSR count). The standard InChI is InChI=1S/C21H24N6O3/c1-11(2)26-19-16-5-12(13-8-24-25-9-13)3-4-18(16)23-10-17(19)20(28)27-14-6-15(7-14)30-21(22)29/h3-5,8-11,14-15H,6-7H2,1-2H3,(H2,22,29)(H,23,26)(H,24,25)(H,27,28). The van der Waals surface area contributed by atoms with Gasteiger partial charge in [-0.2, -0.15) is 5.10 Å². The van der Waals surface area contributed by atoms with Crippen LogP contribution in [0.5, 0.6) is 0 Å². The lowest BCUT2D eigenvalue weighted by molar-refractivity contribution is 0.0363. The first kappa shape index (κ1) is 19.7. The fraction of sp³-hybridized carbons (Fsp3) is 0.333. The number of H-pyrrole nitrogens is 1. The Hall–Kier alpha value is -3.62. The summed E-state index contributed by atoms with van der Waals surface area (Å²) in [5, 5.41) is 14.1. The lowest BCUT2D eigenvalue weighted by atomic mass is 9.89. The SMILES string of the molecule is CC(C)Nc1c(C(=O)NC2CC(OC(N)=O)C2)cnc2ccc(-c3cn[nH]c3)cc12. The third kappa shape index (κ3) is 4.05. The Morgan fingerprint density at radius 2 is 2.03 bits per heavy atom. The summed E-state index contributed by atoms with van der Waals surface area (Å²) in [6, 6.07) is 5.97. The highest BCUT2D eigenvalue weighted by atomic mass is 16.6. The molecule has 0 saturated heterocycles. The first-order valence-electron chi connectivity index (χ1n) is 9.86. The Bertz CT molecular complexity index is 1070. The number of carbonyl (C=O) groups excluding carboxylic acids is 2. The number of primary amides is 1. The van der Waals surface area contributed by atoms with Crippen LogP contribution in [0.3, 0.4) is 0 Å². The van der Waals surface area contributed by atoms with Crippen molar-refractivity contribution >= 4 is 28.6 Å². The van der Waals surface area contributed by atoms with Crippen molar-refractivity contribution in [2.75, 3.05) is 5.32 Å². The predicted octanol–water partition coefficient (Wildman–Crippen LogP) is 2.80. The summed E-state index contributed by atoms with van der Waals surface area (Å²) in [5.41, 5.74) is 8.97. The third-order valence-corrected chi connectivity index (χ3v) is 5.09. The molecular weight excluding hydrogens is 384 g/mol. The molecule has 1 aliphatic carbocycles. The summed E-state index contributed by atoms with van der Waals surface area (Å²) < 4.78 is 4.94. The zero-order chi connectivity index (χ0) is 21.3. The maximum absolute atomic E-state index is 13.0. The van der Waals surface area contributed by atoms with Crippen LogP contribution in [0.15, 0.2) is 36.8 Å². The second-order valence-electron chi connectivity index (χ2n) is 7.77. The second kappa shape index (κ2) is 8.02. The van der Waals surface area contributed by atoms with Crippen molar-refractivity contribution in [2.24, 2.45) is 5.73 Å². The van der Waals surface area contributed by atoms with Gasteiger partial charge in [0.1, 0.15) is 6.10 Å². The minimum absolute atomic E-state index is 0.0679. The second-order valence-corrected chi connectivity index (χ2v) is 7.77. The fourth-order valence-corrected chi connectivity index (χ4v) is 3.60. The Labute approximate surface area is 173 Å². The number of pyridine rings is 1. The van der Waals surface area contributed by atoms with E-state index in [2.05, 4.69) is 25.8 Å². The van der Waals surface area contributed by atoms with E-state index in [4.69, 9.17) is 10.5 Å². The van der Waals surface area contributed by atoms with Crippen LogP contribution in [-0.4, -0.2) is 45.4 Å². The number of hydrogen-bond donors (Lipinski definition) is 4. The smallest absolute Gasteiger partial charge is 0.404 e. The lowest BCUT2D eigenvalue weighted by Gasteiger charge is -2.34. The molecule has 0 aliphatic heterocycles.